The Morgan fingerprint density at radius 1 is 1.11 bits per heavy atom. The summed E-state index contributed by atoms with van der Waals surface area (Å²) in [5, 5.41) is 6.49. The zero-order chi connectivity index (χ0) is 25.5. The first kappa shape index (κ1) is 23.6. The third-order valence-corrected chi connectivity index (χ3v) is 8.01. The first-order valence-corrected chi connectivity index (χ1v) is 13.2. The van der Waals surface area contributed by atoms with Crippen LogP contribution in [0.1, 0.15) is 40.1 Å². The highest BCUT2D eigenvalue weighted by Crippen LogP contribution is 2.44. The van der Waals surface area contributed by atoms with Gasteiger partial charge in [0.15, 0.2) is 5.82 Å². The highest BCUT2D eigenvalue weighted by molar-refractivity contribution is 7.21. The topological polar surface area (TPSA) is 90.5 Å². The first-order valence-electron chi connectivity index (χ1n) is 12.4. The van der Waals surface area contributed by atoms with E-state index in [2.05, 4.69) is 37.6 Å². The lowest BCUT2D eigenvalue weighted by atomic mass is 9.90. The van der Waals surface area contributed by atoms with E-state index in [0.29, 0.717) is 43.4 Å². The zero-order valence-electron chi connectivity index (χ0n) is 20.5. The summed E-state index contributed by atoms with van der Waals surface area (Å²) in [6, 6.07) is 12.9. The molecule has 10 heteroatoms. The molecule has 0 bridgehead atoms. The number of aromatic nitrogens is 2. The van der Waals surface area contributed by atoms with E-state index in [9.17, 15) is 9.59 Å². The first-order chi connectivity index (χ1) is 18.0. The average molecular weight is 508 g/mol. The summed E-state index contributed by atoms with van der Waals surface area (Å²) in [4.78, 5) is 40.2. The van der Waals surface area contributed by atoms with Crippen molar-refractivity contribution >= 4 is 69.7 Å². The molecule has 0 unspecified atom stereocenters. The lowest BCUT2D eigenvalue weighted by Crippen LogP contribution is -2.35. The number of rotatable bonds is 5. The number of aryl methyl sites for hydroxylation is 1. The molecule has 0 saturated carbocycles. The van der Waals surface area contributed by atoms with Gasteiger partial charge in [0.05, 0.1) is 16.8 Å². The second kappa shape index (κ2) is 9.61. The number of urea groups is 1. The molecule has 2 aliphatic heterocycles. The molecule has 1 saturated heterocycles. The molecule has 1 fully saturated rings. The molecule has 0 atom stereocenters. The lowest BCUT2D eigenvalue weighted by molar-refractivity contribution is 0.103. The predicted octanol–water partition coefficient (Wildman–Crippen LogP) is 4.72. The summed E-state index contributed by atoms with van der Waals surface area (Å²) in [7, 11) is 6.09. The molecule has 4 heterocycles. The molecular formula is C27H25BN6O2S. The van der Waals surface area contributed by atoms with Gasteiger partial charge in [-0.25, -0.2) is 19.7 Å². The quantitative estimate of drug-likeness (QED) is 0.381. The minimum atomic E-state index is -0.412. The van der Waals surface area contributed by atoms with Crippen LogP contribution in [0, 0.1) is 6.92 Å². The Morgan fingerprint density at radius 3 is 2.65 bits per heavy atom. The maximum absolute atomic E-state index is 13.3. The van der Waals surface area contributed by atoms with Crippen molar-refractivity contribution < 1.29 is 9.59 Å². The van der Waals surface area contributed by atoms with Gasteiger partial charge in [-0.15, -0.1) is 11.3 Å². The van der Waals surface area contributed by atoms with Crippen molar-refractivity contribution in [3.63, 3.8) is 0 Å². The van der Waals surface area contributed by atoms with Crippen LogP contribution in [0.15, 0.2) is 48.8 Å². The normalized spacial score (nSPS) is 15.6. The standard InChI is InChI=1S/C27H25BN6O2S/c1-16-5-10-19(13-20(16)28)34-24-21-22(32-27(34)36)23(37-26(21)30-15-29-24)25(35)31-18-8-6-17(7-9-18)14-33-11-3-2-4-12-33/h5-10,13,15H,2-4,11-12,14H2,1H3,(H,31,35)(H,32,36). The second-order valence-electron chi connectivity index (χ2n) is 9.48. The summed E-state index contributed by atoms with van der Waals surface area (Å²) in [6.45, 7) is 5.10. The van der Waals surface area contributed by atoms with Crippen LogP contribution in [0.2, 0.25) is 0 Å². The van der Waals surface area contributed by atoms with Crippen molar-refractivity contribution in [1.82, 2.24) is 14.9 Å². The maximum atomic E-state index is 13.3. The molecule has 6 rings (SSSR count). The fourth-order valence-electron chi connectivity index (χ4n) is 4.89. The number of amides is 3. The Balaban J connectivity index is 1.27. The number of hydrogen-bond acceptors (Lipinski definition) is 6. The number of nitrogens with zero attached hydrogens (tertiary/aromatic N) is 4. The molecule has 2 aromatic heterocycles. The number of piperidine rings is 1. The third-order valence-electron chi connectivity index (χ3n) is 6.91. The number of carbonyl (C=O) groups excluding carboxylic acids is 2. The highest BCUT2D eigenvalue weighted by Gasteiger charge is 2.33. The number of benzene rings is 2. The Morgan fingerprint density at radius 2 is 1.89 bits per heavy atom. The van der Waals surface area contributed by atoms with E-state index >= 15 is 0 Å². The molecule has 4 aromatic rings. The Hall–Kier alpha value is -3.76. The summed E-state index contributed by atoms with van der Waals surface area (Å²) in [5.41, 5.74) is 4.44. The molecule has 3 amide bonds. The van der Waals surface area contributed by atoms with Gasteiger partial charge >= 0.3 is 6.03 Å². The van der Waals surface area contributed by atoms with Crippen molar-refractivity contribution in [2.75, 3.05) is 28.6 Å². The molecular weight excluding hydrogens is 483 g/mol. The summed E-state index contributed by atoms with van der Waals surface area (Å²) in [6.07, 6.45) is 5.23. The van der Waals surface area contributed by atoms with Gasteiger partial charge in [-0.2, -0.15) is 0 Å². The number of carbonyl (C=O) groups is 2. The van der Waals surface area contributed by atoms with E-state index in [4.69, 9.17) is 7.85 Å². The molecule has 184 valence electrons. The second-order valence-corrected chi connectivity index (χ2v) is 10.5. The van der Waals surface area contributed by atoms with Crippen LogP contribution in [-0.4, -0.2) is 47.7 Å². The smallest absolute Gasteiger partial charge is 0.321 e. The lowest BCUT2D eigenvalue weighted by Gasteiger charge is -2.27. The molecule has 2 radical (unpaired) electrons. The largest absolute Gasteiger partial charge is 0.332 e. The SMILES string of the molecule is [B]c1cc(N2C(=O)Nc3c(C(=O)Nc4ccc(CN5CCCCC5)cc4)sc4ncnc2c34)ccc1C. The minimum absolute atomic E-state index is 0.305. The Kier molecular flexibility index (Phi) is 6.14. The van der Waals surface area contributed by atoms with Gasteiger partial charge in [0.1, 0.15) is 23.9 Å². The van der Waals surface area contributed by atoms with Crippen molar-refractivity contribution in [3.8, 4) is 0 Å². The van der Waals surface area contributed by atoms with Crippen LogP contribution in [0.5, 0.6) is 0 Å². The van der Waals surface area contributed by atoms with E-state index < -0.39 is 6.03 Å². The van der Waals surface area contributed by atoms with Gasteiger partial charge in [0, 0.05) is 12.2 Å². The van der Waals surface area contributed by atoms with Gasteiger partial charge in [-0.1, -0.05) is 35.6 Å². The van der Waals surface area contributed by atoms with Crippen LogP contribution >= 0.6 is 11.3 Å². The van der Waals surface area contributed by atoms with Gasteiger partial charge < -0.3 is 10.6 Å². The zero-order valence-corrected chi connectivity index (χ0v) is 21.3. The number of hydrogen-bond donors (Lipinski definition) is 2. The van der Waals surface area contributed by atoms with E-state index in [1.54, 1.807) is 6.07 Å². The molecule has 2 aromatic carbocycles. The van der Waals surface area contributed by atoms with E-state index in [1.165, 1.54) is 47.4 Å². The summed E-state index contributed by atoms with van der Waals surface area (Å²) in [5.74, 6) is 0.116. The molecule has 2 aliphatic rings. The predicted molar refractivity (Wildman–Crippen MR) is 149 cm³/mol. The number of nitrogens with one attached hydrogen (secondary N) is 2. The van der Waals surface area contributed by atoms with E-state index in [0.717, 1.165) is 25.2 Å². The van der Waals surface area contributed by atoms with Crippen LogP contribution in [-0.2, 0) is 6.54 Å². The molecule has 0 spiro atoms. The average Bonchev–Trinajstić information content (AvgIpc) is 3.27. The Bertz CT molecular complexity index is 1510. The van der Waals surface area contributed by atoms with Crippen LogP contribution in [0.3, 0.4) is 0 Å². The number of likely N-dealkylation sites (tertiary alicyclic amines) is 1. The van der Waals surface area contributed by atoms with Crippen molar-refractivity contribution in [1.29, 1.82) is 0 Å². The highest BCUT2D eigenvalue weighted by atomic mass is 32.1. The molecule has 37 heavy (non-hydrogen) atoms. The van der Waals surface area contributed by atoms with Gasteiger partial charge in [0.25, 0.3) is 5.91 Å². The van der Waals surface area contributed by atoms with Crippen LogP contribution < -0.4 is 21.0 Å². The third kappa shape index (κ3) is 4.47. The summed E-state index contributed by atoms with van der Waals surface area (Å²) < 4.78 is 0. The maximum Gasteiger partial charge on any atom is 0.332 e. The van der Waals surface area contributed by atoms with E-state index in [-0.39, 0.29) is 5.91 Å². The molecule has 8 nitrogen and oxygen atoms in total. The van der Waals surface area contributed by atoms with Crippen LogP contribution in [0.4, 0.5) is 27.7 Å². The van der Waals surface area contributed by atoms with Crippen molar-refractivity contribution in [3.05, 3.63) is 64.8 Å². The van der Waals surface area contributed by atoms with Crippen LogP contribution in [0.25, 0.3) is 10.2 Å². The van der Waals surface area contributed by atoms with E-state index in [1.807, 2.05) is 31.2 Å². The summed E-state index contributed by atoms with van der Waals surface area (Å²) >= 11 is 1.23. The van der Waals surface area contributed by atoms with Gasteiger partial charge in [-0.05, 0) is 62.7 Å². The Labute approximate surface area is 220 Å². The number of thiophene rings is 1. The number of anilines is 4. The molecule has 0 aliphatic carbocycles. The monoisotopic (exact) mass is 508 g/mol. The molecule has 2 N–H and O–H groups in total. The fraction of sp³-hybridized carbons (Fsp3) is 0.259. The minimum Gasteiger partial charge on any atom is -0.321 e. The van der Waals surface area contributed by atoms with Gasteiger partial charge in [-0.3, -0.25) is 9.69 Å². The van der Waals surface area contributed by atoms with Crippen molar-refractivity contribution in [2.24, 2.45) is 0 Å². The van der Waals surface area contributed by atoms with Crippen molar-refractivity contribution in [2.45, 2.75) is 32.7 Å². The fourth-order valence-corrected chi connectivity index (χ4v) is 5.88. The van der Waals surface area contributed by atoms with Gasteiger partial charge in [0.2, 0.25) is 0 Å².